The van der Waals surface area contributed by atoms with Crippen molar-refractivity contribution in [3.8, 4) is 0 Å². The summed E-state index contributed by atoms with van der Waals surface area (Å²) in [5.41, 5.74) is -11.0. The van der Waals surface area contributed by atoms with Crippen LogP contribution in [0.4, 0.5) is 26.3 Å². The molecule has 9 nitrogen and oxygen atoms in total. The Kier molecular flexibility index (Phi) is 16.6. The van der Waals surface area contributed by atoms with Crippen molar-refractivity contribution < 1.29 is 109 Å². The molecular weight excluding hydrogens is 609 g/mol. The molecule has 0 aliphatic heterocycles. The summed E-state index contributed by atoms with van der Waals surface area (Å²) in [7, 11) is -11.2. The third-order valence-corrected chi connectivity index (χ3v) is 7.39. The van der Waals surface area contributed by atoms with Crippen LogP contribution in [0.5, 0.6) is 0 Å². The number of ether oxygens (including phenoxy) is 1. The van der Waals surface area contributed by atoms with E-state index in [1.807, 2.05) is 13.8 Å². The number of nitrogens with zero attached hydrogens (tertiary/aromatic N) is 1. The van der Waals surface area contributed by atoms with E-state index < -0.39 is 61.5 Å². The maximum absolute atomic E-state index is 12.1. The van der Waals surface area contributed by atoms with Crippen molar-refractivity contribution in [2.24, 2.45) is 5.41 Å². The van der Waals surface area contributed by atoms with Gasteiger partial charge in [0.05, 0.1) is 11.3 Å². The molecule has 18 heteroatoms. The van der Waals surface area contributed by atoms with Crippen molar-refractivity contribution in [3.63, 3.8) is 0 Å². The molecule has 0 fully saturated rings. The summed E-state index contributed by atoms with van der Waals surface area (Å²) < 4.78 is 123. The van der Waals surface area contributed by atoms with E-state index in [-0.39, 0.29) is 62.9 Å². The predicted molar refractivity (Wildman–Crippen MR) is 126 cm³/mol. The molecule has 0 aromatic heterocycles. The second-order valence-corrected chi connectivity index (χ2v) is 11.8. The Morgan fingerprint density at radius 2 is 1.44 bits per heavy atom. The number of rotatable bonds is 10. The molecule has 0 spiro atoms. The molecule has 1 N–H and O–H groups in total. The fraction of sp³-hybridized carbons (Fsp3) is 0.619. The molecule has 39 heavy (non-hydrogen) atoms. The predicted octanol–water partition coefficient (Wildman–Crippen LogP) is 1.97. The van der Waals surface area contributed by atoms with Crippen molar-refractivity contribution in [1.29, 1.82) is 0 Å². The van der Waals surface area contributed by atoms with E-state index >= 15 is 0 Å². The zero-order valence-corrected chi connectivity index (χ0v) is 26.9. The number of benzene rings is 1. The second-order valence-electron chi connectivity index (χ2n) is 8.47. The van der Waals surface area contributed by atoms with Crippen LogP contribution in [-0.2, 0) is 29.6 Å². The van der Waals surface area contributed by atoms with Crippen molar-refractivity contribution in [2.75, 3.05) is 13.2 Å². The van der Waals surface area contributed by atoms with E-state index in [1.54, 1.807) is 32.9 Å². The number of alkyl halides is 6. The minimum absolute atomic E-state index is 0. The summed E-state index contributed by atoms with van der Waals surface area (Å²) in [6.45, 7) is 7.85. The molecule has 1 rings (SSSR count). The normalized spacial score (nSPS) is 13.3. The van der Waals surface area contributed by atoms with Crippen LogP contribution in [0.1, 0.15) is 69.3 Å². The van der Waals surface area contributed by atoms with Gasteiger partial charge in [-0.15, -0.1) is 0 Å². The molecule has 1 atom stereocenters. The molecule has 1 aromatic rings. The van der Waals surface area contributed by atoms with E-state index in [9.17, 15) is 52.8 Å². The van der Waals surface area contributed by atoms with Crippen molar-refractivity contribution in [1.82, 2.24) is 4.72 Å². The summed E-state index contributed by atoms with van der Waals surface area (Å²) in [6.07, 6.45) is 1.36. The van der Waals surface area contributed by atoms with Gasteiger partial charge in [0, 0.05) is 6.54 Å². The molecule has 0 bridgehead atoms. The van der Waals surface area contributed by atoms with Gasteiger partial charge in [-0.25, -0.2) is 21.6 Å². The molecule has 1 aromatic carbocycles. The van der Waals surface area contributed by atoms with Gasteiger partial charge in [-0.1, -0.05) is 45.0 Å². The average Bonchev–Trinajstić information content (AvgIpc) is 2.79. The van der Waals surface area contributed by atoms with Gasteiger partial charge in [-0.3, -0.25) is 4.79 Å². The van der Waals surface area contributed by atoms with Crippen LogP contribution in [-0.4, -0.2) is 52.9 Å². The third kappa shape index (κ3) is 13.2. The summed E-state index contributed by atoms with van der Waals surface area (Å²) in [5, 5.41) is 0. The number of hydrogen-bond donors (Lipinski definition) is 1. The largest absolute Gasteiger partial charge is 1.00 e. The summed E-state index contributed by atoms with van der Waals surface area (Å²) >= 11 is 0. The minimum Gasteiger partial charge on any atom is -0.534 e. The third-order valence-electron chi connectivity index (χ3n) is 5.20. The van der Waals surface area contributed by atoms with E-state index in [4.69, 9.17) is 0 Å². The Hall–Kier alpha value is -0.764. The average molecular weight is 639 g/mol. The van der Waals surface area contributed by atoms with Gasteiger partial charge in [0.25, 0.3) is 0 Å². The van der Waals surface area contributed by atoms with Crippen molar-refractivity contribution >= 4 is 31.9 Å². The Balaban J connectivity index is 0. The summed E-state index contributed by atoms with van der Waals surface area (Å²) in [5.74, 6) is -1.79. The van der Waals surface area contributed by atoms with E-state index in [0.717, 1.165) is 12.0 Å². The number of nitrogens with one attached hydrogen (secondary N) is 1. The maximum atomic E-state index is 12.1. The smallest absolute Gasteiger partial charge is 0.534 e. The zero-order chi connectivity index (χ0) is 30.2. The van der Waals surface area contributed by atoms with Gasteiger partial charge in [-0.2, -0.15) is 26.3 Å². The first kappa shape index (κ1) is 40.4. The van der Waals surface area contributed by atoms with Crippen LogP contribution in [0.2, 0.25) is 0 Å². The first-order valence-corrected chi connectivity index (χ1v) is 13.9. The molecule has 0 aliphatic rings. The number of sulfonamides is 2. The van der Waals surface area contributed by atoms with Gasteiger partial charge in [0.1, 0.15) is 6.61 Å². The summed E-state index contributed by atoms with van der Waals surface area (Å²) in [6, 6.07) is 5.66. The number of carbonyl (C=O) groups is 2. The second kappa shape index (κ2) is 16.0. The number of amides is 1. The summed E-state index contributed by atoms with van der Waals surface area (Å²) in [4.78, 5) is 22.8. The molecule has 0 saturated heterocycles. The molecule has 0 saturated carbocycles. The Labute approximate surface area is 266 Å². The standard InChI is InChI=1S/C12H14F3NO3S.C9H16F3NO4S.K/c1-3-8(2)9-4-6-10(7-5-9)11(17)16-20(18,19)12(13,14)15;1-4-8(2,3)7(14)17-6-5-13-18(15,16)9(10,11)12;/h4-8H,3H2,1-2H3,(H,16,17);13H,4-6H2,1-3H3;/q;;+1/p-1. The fourth-order valence-corrected chi connectivity index (χ4v) is 3.09. The topological polar surface area (TPSA) is 138 Å². The van der Waals surface area contributed by atoms with Gasteiger partial charge in [-0.05, 0) is 43.7 Å². The number of esters is 1. The van der Waals surface area contributed by atoms with Crippen LogP contribution in [0, 0.1) is 5.41 Å². The Morgan fingerprint density at radius 3 is 1.82 bits per heavy atom. The SMILES string of the molecule is CCC(C)(C)C(=O)OCCNS(=O)(=O)C(F)(F)F.CCC(C)c1ccc(C(=O)[N-]S(=O)(=O)C(F)(F)F)cc1.[K+]. The van der Waals surface area contributed by atoms with Gasteiger partial charge < -0.3 is 14.3 Å². The van der Waals surface area contributed by atoms with Crippen LogP contribution in [0.15, 0.2) is 24.3 Å². The molecule has 0 heterocycles. The minimum atomic E-state index is -5.80. The Morgan fingerprint density at radius 1 is 0.949 bits per heavy atom. The van der Waals surface area contributed by atoms with Gasteiger partial charge in [0.2, 0.25) is 0 Å². The van der Waals surface area contributed by atoms with Gasteiger partial charge in [0.15, 0.2) is 10.0 Å². The van der Waals surface area contributed by atoms with Crippen LogP contribution < -0.4 is 56.1 Å². The molecule has 1 amide bonds. The molecule has 0 aliphatic carbocycles. The number of halogens is 6. The van der Waals surface area contributed by atoms with Crippen LogP contribution in [0.25, 0.3) is 4.72 Å². The fourth-order valence-electron chi connectivity index (χ4n) is 2.14. The Bertz CT molecular complexity index is 1150. The first-order valence-electron chi connectivity index (χ1n) is 10.9. The van der Waals surface area contributed by atoms with E-state index in [1.165, 1.54) is 16.9 Å². The monoisotopic (exact) mass is 638 g/mol. The van der Waals surface area contributed by atoms with E-state index in [0.29, 0.717) is 6.42 Å². The number of carbonyl (C=O) groups excluding carboxylic acids is 2. The van der Waals surface area contributed by atoms with Crippen molar-refractivity contribution in [2.45, 2.75) is 64.4 Å². The maximum Gasteiger partial charge on any atom is 1.00 e. The molecular formula is C21H29F6KN2O7S2. The van der Waals surface area contributed by atoms with E-state index in [2.05, 4.69) is 9.46 Å². The van der Waals surface area contributed by atoms with Crippen molar-refractivity contribution in [3.05, 3.63) is 40.1 Å². The molecule has 1 unspecified atom stereocenters. The number of hydrogen-bond acceptors (Lipinski definition) is 7. The van der Waals surface area contributed by atoms with Crippen LogP contribution in [0.3, 0.4) is 0 Å². The van der Waals surface area contributed by atoms with Crippen LogP contribution >= 0.6 is 0 Å². The molecule has 220 valence electrons. The zero-order valence-electron chi connectivity index (χ0n) is 22.1. The molecule has 0 radical (unpaired) electrons. The quantitative estimate of drug-likeness (QED) is 0.179. The first-order chi connectivity index (χ1) is 17.0. The van der Waals surface area contributed by atoms with Gasteiger partial charge >= 0.3 is 78.4 Å².